The Balaban J connectivity index is 1.61. The van der Waals surface area contributed by atoms with Gasteiger partial charge in [0.1, 0.15) is 11.4 Å². The molecular formula is C18H20BrN3O4. The molecule has 0 bridgehead atoms. The molecule has 0 saturated heterocycles. The van der Waals surface area contributed by atoms with Gasteiger partial charge in [-0.25, -0.2) is 0 Å². The number of rotatable bonds is 10. The zero-order valence-corrected chi connectivity index (χ0v) is 15.7. The molecule has 1 amide bonds. The van der Waals surface area contributed by atoms with Crippen molar-refractivity contribution in [3.05, 3.63) is 63.1 Å². The second-order valence-corrected chi connectivity index (χ2v) is 6.29. The molecule has 0 fully saturated rings. The first-order chi connectivity index (χ1) is 12.6. The van der Waals surface area contributed by atoms with Crippen molar-refractivity contribution in [3.8, 4) is 5.75 Å². The summed E-state index contributed by atoms with van der Waals surface area (Å²) in [5.41, 5.74) is 0.455. The summed E-state index contributed by atoms with van der Waals surface area (Å²) in [6.45, 7) is 1.24. The molecule has 0 radical (unpaired) electrons. The predicted octanol–water partition coefficient (Wildman–Crippen LogP) is 3.74. The summed E-state index contributed by atoms with van der Waals surface area (Å²) in [6, 6.07) is 14.0. The van der Waals surface area contributed by atoms with Crippen LogP contribution < -0.4 is 15.4 Å². The van der Waals surface area contributed by atoms with E-state index in [9.17, 15) is 14.9 Å². The molecule has 2 rings (SSSR count). The Morgan fingerprint density at radius 2 is 1.85 bits per heavy atom. The number of hydrogen-bond acceptors (Lipinski definition) is 5. The van der Waals surface area contributed by atoms with Crippen LogP contribution in [0.3, 0.4) is 0 Å². The second-order valence-electron chi connectivity index (χ2n) is 5.43. The highest BCUT2D eigenvalue weighted by Gasteiger charge is 2.11. The zero-order valence-electron chi connectivity index (χ0n) is 14.1. The van der Waals surface area contributed by atoms with Crippen molar-refractivity contribution in [2.45, 2.75) is 12.8 Å². The number of anilines is 1. The number of carbonyl (C=O) groups is 1. The molecule has 0 aromatic heterocycles. The number of carbonyl (C=O) groups excluding carboxylic acids is 1. The monoisotopic (exact) mass is 421 g/mol. The first kappa shape index (κ1) is 19.7. The van der Waals surface area contributed by atoms with Gasteiger partial charge in [-0.15, -0.1) is 0 Å². The Morgan fingerprint density at radius 3 is 2.62 bits per heavy atom. The predicted molar refractivity (Wildman–Crippen MR) is 103 cm³/mol. The molecule has 0 aliphatic carbocycles. The molecule has 2 N–H and O–H groups in total. The molecule has 0 heterocycles. The molecule has 2 aromatic rings. The Morgan fingerprint density at radius 1 is 1.12 bits per heavy atom. The van der Waals surface area contributed by atoms with Crippen LogP contribution in [0.25, 0.3) is 0 Å². The maximum atomic E-state index is 11.8. The molecule has 2 aromatic carbocycles. The van der Waals surface area contributed by atoms with Crippen molar-refractivity contribution in [2.24, 2.45) is 0 Å². The maximum absolute atomic E-state index is 11.8. The fraction of sp³-hybridized carbons (Fsp3) is 0.278. The van der Waals surface area contributed by atoms with E-state index in [1.54, 1.807) is 18.2 Å². The molecule has 0 atom stereocenters. The highest BCUT2D eigenvalue weighted by Crippen LogP contribution is 2.24. The van der Waals surface area contributed by atoms with Crippen LogP contribution in [0, 0.1) is 10.1 Å². The quantitative estimate of drug-likeness (QED) is 0.346. The molecule has 0 unspecified atom stereocenters. The lowest BCUT2D eigenvalue weighted by molar-refractivity contribution is -0.384. The van der Waals surface area contributed by atoms with Crippen LogP contribution in [-0.2, 0) is 4.79 Å². The van der Waals surface area contributed by atoms with E-state index in [1.165, 1.54) is 6.07 Å². The summed E-state index contributed by atoms with van der Waals surface area (Å²) >= 11 is 3.40. The van der Waals surface area contributed by atoms with E-state index in [2.05, 4.69) is 26.6 Å². The summed E-state index contributed by atoms with van der Waals surface area (Å²) in [5, 5.41) is 16.6. The fourth-order valence-corrected chi connectivity index (χ4v) is 2.65. The third kappa shape index (κ3) is 6.36. The normalized spacial score (nSPS) is 10.2. The van der Waals surface area contributed by atoms with Crippen molar-refractivity contribution < 1.29 is 14.5 Å². The largest absolute Gasteiger partial charge is 0.492 e. The minimum Gasteiger partial charge on any atom is -0.492 e. The lowest BCUT2D eigenvalue weighted by Gasteiger charge is -2.09. The van der Waals surface area contributed by atoms with Gasteiger partial charge in [0.25, 0.3) is 5.69 Å². The zero-order chi connectivity index (χ0) is 18.8. The number of nitrogens with one attached hydrogen (secondary N) is 2. The van der Waals surface area contributed by atoms with Gasteiger partial charge in [0, 0.05) is 25.6 Å². The van der Waals surface area contributed by atoms with E-state index >= 15 is 0 Å². The van der Waals surface area contributed by atoms with E-state index in [0.717, 1.165) is 10.2 Å². The van der Waals surface area contributed by atoms with Crippen molar-refractivity contribution in [1.29, 1.82) is 0 Å². The number of nitro benzene ring substituents is 1. The lowest BCUT2D eigenvalue weighted by Crippen LogP contribution is -2.28. The van der Waals surface area contributed by atoms with E-state index < -0.39 is 4.92 Å². The summed E-state index contributed by atoms with van der Waals surface area (Å²) < 4.78 is 6.48. The summed E-state index contributed by atoms with van der Waals surface area (Å²) in [6.07, 6.45) is 0.959. The third-order valence-corrected chi connectivity index (χ3v) is 4.16. The van der Waals surface area contributed by atoms with Gasteiger partial charge in [-0.1, -0.05) is 24.3 Å². The first-order valence-electron chi connectivity index (χ1n) is 8.19. The number of hydrogen-bond donors (Lipinski definition) is 2. The number of benzene rings is 2. The van der Waals surface area contributed by atoms with E-state index in [0.29, 0.717) is 38.2 Å². The highest BCUT2D eigenvalue weighted by atomic mass is 79.9. The minimum absolute atomic E-state index is 0.0167. The average molecular weight is 422 g/mol. The van der Waals surface area contributed by atoms with Crippen molar-refractivity contribution in [1.82, 2.24) is 5.32 Å². The fourth-order valence-electron chi connectivity index (χ4n) is 2.25. The topological polar surface area (TPSA) is 93.5 Å². The number of nitro groups is 1. The van der Waals surface area contributed by atoms with Crippen LogP contribution in [-0.4, -0.2) is 30.5 Å². The average Bonchev–Trinajstić information content (AvgIpc) is 2.64. The van der Waals surface area contributed by atoms with E-state index in [1.807, 2.05) is 24.3 Å². The number of amides is 1. The van der Waals surface area contributed by atoms with Crippen LogP contribution in [0.15, 0.2) is 53.0 Å². The Kier molecular flexibility index (Phi) is 7.88. The highest BCUT2D eigenvalue weighted by molar-refractivity contribution is 9.10. The number of ether oxygens (including phenoxy) is 1. The van der Waals surface area contributed by atoms with Crippen molar-refractivity contribution >= 4 is 33.2 Å². The maximum Gasteiger partial charge on any atom is 0.292 e. The van der Waals surface area contributed by atoms with E-state index in [4.69, 9.17) is 4.74 Å². The van der Waals surface area contributed by atoms with Crippen LogP contribution >= 0.6 is 15.9 Å². The third-order valence-electron chi connectivity index (χ3n) is 3.51. The molecule has 0 saturated carbocycles. The first-order valence-corrected chi connectivity index (χ1v) is 8.98. The summed E-state index contributed by atoms with van der Waals surface area (Å²) in [7, 11) is 0. The SMILES string of the molecule is O=C(CCCOc1ccccc1Br)NCCNc1ccccc1[N+](=O)[O-]. The Labute approximate surface area is 160 Å². The lowest BCUT2D eigenvalue weighted by atomic mass is 10.2. The van der Waals surface area contributed by atoms with Gasteiger partial charge in [0.2, 0.25) is 5.91 Å². The smallest absolute Gasteiger partial charge is 0.292 e. The van der Waals surface area contributed by atoms with Gasteiger partial charge in [-0.2, -0.15) is 0 Å². The molecule has 26 heavy (non-hydrogen) atoms. The van der Waals surface area contributed by atoms with Gasteiger partial charge in [-0.3, -0.25) is 14.9 Å². The summed E-state index contributed by atoms with van der Waals surface area (Å²) in [4.78, 5) is 22.3. The minimum atomic E-state index is -0.438. The molecule has 0 spiro atoms. The Bertz CT molecular complexity index is 755. The van der Waals surface area contributed by atoms with Gasteiger partial charge in [-0.05, 0) is 40.5 Å². The molecular weight excluding hydrogens is 402 g/mol. The van der Waals surface area contributed by atoms with Gasteiger partial charge in [0.15, 0.2) is 0 Å². The second kappa shape index (κ2) is 10.4. The van der Waals surface area contributed by atoms with Crippen LogP contribution in [0.4, 0.5) is 11.4 Å². The summed E-state index contributed by atoms with van der Waals surface area (Å²) in [5.74, 6) is 0.673. The van der Waals surface area contributed by atoms with Gasteiger partial charge >= 0.3 is 0 Å². The van der Waals surface area contributed by atoms with Gasteiger partial charge in [0.05, 0.1) is 16.0 Å². The molecule has 8 heteroatoms. The molecule has 138 valence electrons. The van der Waals surface area contributed by atoms with Crippen LogP contribution in [0.1, 0.15) is 12.8 Å². The number of halogens is 1. The molecule has 7 nitrogen and oxygen atoms in total. The Hall–Kier alpha value is -2.61. The van der Waals surface area contributed by atoms with Gasteiger partial charge < -0.3 is 15.4 Å². The molecule has 0 aliphatic heterocycles. The standard InChI is InChI=1S/C18H20BrN3O4/c19-14-6-1-4-9-17(14)26-13-5-10-18(23)21-12-11-20-15-7-2-3-8-16(15)22(24)25/h1-4,6-9,20H,5,10-13H2,(H,21,23). The molecule has 0 aliphatic rings. The van der Waals surface area contributed by atoms with Crippen LogP contribution in [0.5, 0.6) is 5.75 Å². The number of nitrogens with zero attached hydrogens (tertiary/aromatic N) is 1. The van der Waals surface area contributed by atoms with Crippen LogP contribution in [0.2, 0.25) is 0 Å². The van der Waals surface area contributed by atoms with E-state index in [-0.39, 0.29) is 11.6 Å². The van der Waals surface area contributed by atoms with Crippen molar-refractivity contribution in [3.63, 3.8) is 0 Å². The van der Waals surface area contributed by atoms with Crippen molar-refractivity contribution in [2.75, 3.05) is 25.0 Å². The number of para-hydroxylation sites is 3.